The van der Waals surface area contributed by atoms with E-state index in [1.165, 1.54) is 12.1 Å². The van der Waals surface area contributed by atoms with Crippen LogP contribution in [0.5, 0.6) is 0 Å². The van der Waals surface area contributed by atoms with E-state index in [1.807, 2.05) is 12.2 Å². The predicted molar refractivity (Wildman–Crippen MR) is 58.9 cm³/mol. The Morgan fingerprint density at radius 1 is 1.06 bits per heavy atom. The summed E-state index contributed by atoms with van der Waals surface area (Å²) in [5.74, 6) is 0. The zero-order chi connectivity index (χ0) is 12.0. The van der Waals surface area contributed by atoms with Crippen molar-refractivity contribution in [2.75, 3.05) is 0 Å². The van der Waals surface area contributed by atoms with E-state index < -0.39 is 11.7 Å². The maximum Gasteiger partial charge on any atom is 0.416 e. The lowest BCUT2D eigenvalue weighted by Gasteiger charge is -2.06. The molecule has 0 saturated carbocycles. The van der Waals surface area contributed by atoms with Gasteiger partial charge in [-0.05, 0) is 37.0 Å². The summed E-state index contributed by atoms with van der Waals surface area (Å²) in [6, 6.07) is 5.25. The van der Waals surface area contributed by atoms with Gasteiger partial charge in [0, 0.05) is 0 Å². The van der Waals surface area contributed by atoms with Crippen molar-refractivity contribution in [3.63, 3.8) is 0 Å². The first kappa shape index (κ1) is 12.8. The summed E-state index contributed by atoms with van der Waals surface area (Å²) in [6.45, 7) is 3.69. The molecule has 0 atom stereocenters. The highest BCUT2D eigenvalue weighted by Crippen LogP contribution is 2.29. The SMILES string of the molecule is [CH2]CCC=CCc1ccc(C(F)(F)F)cc1. The minimum atomic E-state index is -4.25. The minimum Gasteiger partial charge on any atom is -0.166 e. The van der Waals surface area contributed by atoms with Crippen molar-refractivity contribution in [1.82, 2.24) is 0 Å². The summed E-state index contributed by atoms with van der Waals surface area (Å²) in [4.78, 5) is 0. The van der Waals surface area contributed by atoms with E-state index in [9.17, 15) is 13.2 Å². The van der Waals surface area contributed by atoms with Crippen molar-refractivity contribution in [3.8, 4) is 0 Å². The van der Waals surface area contributed by atoms with E-state index >= 15 is 0 Å². The lowest BCUT2D eigenvalue weighted by molar-refractivity contribution is -0.137. The van der Waals surface area contributed by atoms with Crippen molar-refractivity contribution in [3.05, 3.63) is 54.5 Å². The molecule has 0 fully saturated rings. The van der Waals surface area contributed by atoms with Gasteiger partial charge in [-0.25, -0.2) is 0 Å². The van der Waals surface area contributed by atoms with E-state index in [-0.39, 0.29) is 0 Å². The first-order valence-corrected chi connectivity index (χ1v) is 5.14. The summed E-state index contributed by atoms with van der Waals surface area (Å²) < 4.78 is 36.8. The molecule has 0 aliphatic heterocycles. The van der Waals surface area contributed by atoms with Crippen molar-refractivity contribution in [2.24, 2.45) is 0 Å². The average Bonchev–Trinajstić information content (AvgIpc) is 2.24. The van der Waals surface area contributed by atoms with Gasteiger partial charge in [0.2, 0.25) is 0 Å². The Kier molecular flexibility index (Phi) is 4.59. The highest BCUT2D eigenvalue weighted by molar-refractivity contribution is 5.25. The molecule has 3 heteroatoms. The van der Waals surface area contributed by atoms with Crippen LogP contribution in [0.25, 0.3) is 0 Å². The number of allylic oxidation sites excluding steroid dienone is 2. The molecule has 0 spiro atoms. The van der Waals surface area contributed by atoms with Crippen molar-refractivity contribution >= 4 is 0 Å². The van der Waals surface area contributed by atoms with Crippen molar-refractivity contribution in [2.45, 2.75) is 25.4 Å². The van der Waals surface area contributed by atoms with Gasteiger partial charge >= 0.3 is 6.18 Å². The quantitative estimate of drug-likeness (QED) is 0.668. The Bertz CT molecular complexity index is 333. The van der Waals surface area contributed by atoms with Gasteiger partial charge in [-0.3, -0.25) is 0 Å². The van der Waals surface area contributed by atoms with Crippen LogP contribution in [-0.4, -0.2) is 0 Å². The number of halogens is 3. The minimum absolute atomic E-state index is 0.599. The number of hydrogen-bond acceptors (Lipinski definition) is 0. The monoisotopic (exact) mass is 227 g/mol. The smallest absolute Gasteiger partial charge is 0.166 e. The Morgan fingerprint density at radius 2 is 1.69 bits per heavy atom. The number of alkyl halides is 3. The lowest BCUT2D eigenvalue weighted by atomic mass is 10.1. The predicted octanol–water partition coefficient (Wildman–Crippen LogP) is 4.42. The summed E-state index contributed by atoms with van der Waals surface area (Å²) in [6.07, 6.45) is 2.10. The van der Waals surface area contributed by atoms with E-state index in [4.69, 9.17) is 0 Å². The molecule has 0 aliphatic rings. The molecule has 0 N–H and O–H groups in total. The van der Waals surface area contributed by atoms with Gasteiger partial charge in [0.05, 0.1) is 5.56 Å². The molecule has 0 unspecified atom stereocenters. The normalized spacial score (nSPS) is 12.2. The van der Waals surface area contributed by atoms with Gasteiger partial charge in [-0.1, -0.05) is 31.2 Å². The number of benzene rings is 1. The van der Waals surface area contributed by atoms with Gasteiger partial charge < -0.3 is 0 Å². The summed E-state index contributed by atoms with van der Waals surface area (Å²) in [7, 11) is 0. The van der Waals surface area contributed by atoms with Gasteiger partial charge in [-0.15, -0.1) is 0 Å². The molecule has 1 radical (unpaired) electrons. The Labute approximate surface area is 93.8 Å². The Morgan fingerprint density at radius 3 is 2.19 bits per heavy atom. The molecule has 0 bridgehead atoms. The standard InChI is InChI=1S/C13H14F3/c1-2-3-4-5-6-11-7-9-12(10-8-11)13(14,15)16/h4-5,7-10H,1-3,6H2. The molecule has 0 aliphatic carbocycles. The molecule has 1 aromatic rings. The summed E-state index contributed by atoms with van der Waals surface area (Å²) in [5.41, 5.74) is 0.284. The lowest BCUT2D eigenvalue weighted by Crippen LogP contribution is -2.04. The Balaban J connectivity index is 2.58. The number of rotatable bonds is 4. The second-order valence-electron chi connectivity index (χ2n) is 3.51. The molecular weight excluding hydrogens is 213 g/mol. The second-order valence-corrected chi connectivity index (χ2v) is 3.51. The summed E-state index contributed by atoms with van der Waals surface area (Å²) >= 11 is 0. The van der Waals surface area contributed by atoms with Crippen LogP contribution in [0.1, 0.15) is 24.0 Å². The van der Waals surface area contributed by atoms with E-state index in [1.54, 1.807) is 0 Å². The van der Waals surface area contributed by atoms with Crippen LogP contribution in [0, 0.1) is 6.92 Å². The van der Waals surface area contributed by atoms with Crippen molar-refractivity contribution < 1.29 is 13.2 Å². The molecule has 87 valence electrons. The van der Waals surface area contributed by atoms with Crippen LogP contribution >= 0.6 is 0 Å². The van der Waals surface area contributed by atoms with E-state index in [0.29, 0.717) is 6.42 Å². The van der Waals surface area contributed by atoms with Crippen LogP contribution < -0.4 is 0 Å². The first-order valence-electron chi connectivity index (χ1n) is 5.14. The van der Waals surface area contributed by atoms with Gasteiger partial charge in [0.25, 0.3) is 0 Å². The van der Waals surface area contributed by atoms with Gasteiger partial charge in [0.15, 0.2) is 0 Å². The molecule has 1 aromatic carbocycles. The largest absolute Gasteiger partial charge is 0.416 e. The highest BCUT2D eigenvalue weighted by Gasteiger charge is 2.29. The molecule has 0 heterocycles. The van der Waals surface area contributed by atoms with Crippen LogP contribution in [0.4, 0.5) is 13.2 Å². The fourth-order valence-corrected chi connectivity index (χ4v) is 1.28. The van der Waals surface area contributed by atoms with E-state index in [2.05, 4.69) is 6.92 Å². The summed E-state index contributed by atoms with van der Waals surface area (Å²) in [5, 5.41) is 0. The molecule has 0 saturated heterocycles. The van der Waals surface area contributed by atoms with Crippen LogP contribution in [0.2, 0.25) is 0 Å². The highest BCUT2D eigenvalue weighted by atomic mass is 19.4. The molecule has 0 amide bonds. The zero-order valence-corrected chi connectivity index (χ0v) is 8.93. The average molecular weight is 227 g/mol. The molecule has 0 aromatic heterocycles. The topological polar surface area (TPSA) is 0 Å². The van der Waals surface area contributed by atoms with Crippen LogP contribution in [0.15, 0.2) is 36.4 Å². The van der Waals surface area contributed by atoms with Crippen LogP contribution in [-0.2, 0) is 12.6 Å². The van der Waals surface area contributed by atoms with Gasteiger partial charge in [0.1, 0.15) is 0 Å². The van der Waals surface area contributed by atoms with Gasteiger partial charge in [-0.2, -0.15) is 13.2 Å². The maximum absolute atomic E-state index is 12.3. The first-order chi connectivity index (χ1) is 7.54. The zero-order valence-electron chi connectivity index (χ0n) is 8.93. The molecule has 1 rings (SSSR count). The number of unbranched alkanes of at least 4 members (excludes halogenated alkanes) is 1. The molecule has 16 heavy (non-hydrogen) atoms. The van der Waals surface area contributed by atoms with Crippen molar-refractivity contribution in [1.29, 1.82) is 0 Å². The number of hydrogen-bond donors (Lipinski definition) is 0. The fraction of sp³-hybridized carbons (Fsp3) is 0.308. The van der Waals surface area contributed by atoms with E-state index in [0.717, 1.165) is 30.5 Å². The molecule has 0 nitrogen and oxygen atoms in total. The molecular formula is C13H14F3. The Hall–Kier alpha value is -1.25. The van der Waals surface area contributed by atoms with Crippen LogP contribution in [0.3, 0.4) is 0 Å². The third kappa shape index (κ3) is 4.09. The fourth-order valence-electron chi connectivity index (χ4n) is 1.28. The third-order valence-electron chi connectivity index (χ3n) is 2.17. The maximum atomic E-state index is 12.3. The third-order valence-corrected chi connectivity index (χ3v) is 2.17. The second kappa shape index (κ2) is 5.73.